The van der Waals surface area contributed by atoms with Gasteiger partial charge in [0.2, 0.25) is 5.82 Å². The van der Waals surface area contributed by atoms with Crippen molar-refractivity contribution in [3.63, 3.8) is 0 Å². The van der Waals surface area contributed by atoms with E-state index in [4.69, 9.17) is 8.94 Å². The zero-order chi connectivity index (χ0) is 12.5. The second kappa shape index (κ2) is 4.30. The lowest BCUT2D eigenvalue weighted by atomic mass is 10.2. The van der Waals surface area contributed by atoms with E-state index in [0.29, 0.717) is 11.4 Å². The van der Waals surface area contributed by atoms with Crippen LogP contribution in [0.3, 0.4) is 0 Å². The van der Waals surface area contributed by atoms with Gasteiger partial charge in [0, 0.05) is 4.47 Å². The summed E-state index contributed by atoms with van der Waals surface area (Å²) in [5, 5.41) is 13.6. The Bertz CT molecular complexity index is 676. The van der Waals surface area contributed by atoms with Gasteiger partial charge in [-0.3, -0.25) is 0 Å². The predicted molar refractivity (Wildman–Crippen MR) is 66.8 cm³/mol. The van der Waals surface area contributed by atoms with E-state index in [9.17, 15) is 5.11 Å². The number of hydrogen-bond donors (Lipinski definition) is 1. The van der Waals surface area contributed by atoms with Gasteiger partial charge in [0.1, 0.15) is 12.0 Å². The summed E-state index contributed by atoms with van der Waals surface area (Å²) in [5.74, 6) is 0.753. The van der Waals surface area contributed by atoms with Gasteiger partial charge in [-0.05, 0) is 24.3 Å². The van der Waals surface area contributed by atoms with Crippen molar-refractivity contribution in [2.24, 2.45) is 0 Å². The zero-order valence-corrected chi connectivity index (χ0v) is 10.6. The lowest BCUT2D eigenvalue weighted by Crippen LogP contribution is -1.80. The molecule has 2 heterocycles. The molecule has 0 atom stereocenters. The predicted octanol–water partition coefficient (Wildman–Crippen LogP) is 3.46. The van der Waals surface area contributed by atoms with Crippen LogP contribution < -0.4 is 0 Å². The third kappa shape index (κ3) is 1.91. The average Bonchev–Trinajstić information content (AvgIpc) is 3.00. The molecule has 18 heavy (non-hydrogen) atoms. The Morgan fingerprint density at radius 1 is 1.22 bits per heavy atom. The molecule has 0 saturated heterocycles. The Labute approximate surface area is 110 Å². The second-order valence-electron chi connectivity index (χ2n) is 3.60. The van der Waals surface area contributed by atoms with Crippen LogP contribution in [0.2, 0.25) is 0 Å². The molecular weight excluding hydrogens is 300 g/mol. The van der Waals surface area contributed by atoms with Gasteiger partial charge in [-0.25, -0.2) is 0 Å². The number of furan rings is 1. The Hall–Kier alpha value is -2.08. The fourth-order valence-corrected chi connectivity index (χ4v) is 1.88. The molecule has 3 aromatic rings. The summed E-state index contributed by atoms with van der Waals surface area (Å²) in [7, 11) is 0. The van der Waals surface area contributed by atoms with Crippen LogP contribution in [0.25, 0.3) is 22.8 Å². The molecule has 5 nitrogen and oxygen atoms in total. The fourth-order valence-electron chi connectivity index (χ4n) is 1.52. The van der Waals surface area contributed by atoms with Gasteiger partial charge in [0.15, 0.2) is 0 Å². The molecule has 0 aliphatic rings. The highest BCUT2D eigenvalue weighted by Gasteiger charge is 2.14. The molecule has 0 radical (unpaired) electrons. The Balaban J connectivity index is 2.05. The lowest BCUT2D eigenvalue weighted by molar-refractivity contribution is 0.425. The first-order valence-electron chi connectivity index (χ1n) is 5.09. The monoisotopic (exact) mass is 306 g/mol. The van der Waals surface area contributed by atoms with E-state index in [1.807, 2.05) is 0 Å². The van der Waals surface area contributed by atoms with Crippen molar-refractivity contribution in [3.8, 4) is 28.6 Å². The molecule has 0 aliphatic carbocycles. The maximum atomic E-state index is 9.76. The number of phenols is 1. The van der Waals surface area contributed by atoms with Crippen molar-refractivity contribution in [1.82, 2.24) is 10.1 Å². The van der Waals surface area contributed by atoms with Crippen molar-refractivity contribution in [1.29, 1.82) is 0 Å². The summed E-state index contributed by atoms with van der Waals surface area (Å²) in [4.78, 5) is 4.21. The van der Waals surface area contributed by atoms with Gasteiger partial charge in [0.25, 0.3) is 5.89 Å². The summed E-state index contributed by atoms with van der Waals surface area (Å²) in [6.07, 6.45) is 3.05. The molecule has 0 fully saturated rings. The fraction of sp³-hybridized carbons (Fsp3) is 0. The van der Waals surface area contributed by atoms with Gasteiger partial charge < -0.3 is 14.0 Å². The van der Waals surface area contributed by atoms with Gasteiger partial charge in [0.05, 0.1) is 17.4 Å². The molecular formula is C12H7BrN2O3. The summed E-state index contributed by atoms with van der Waals surface area (Å²) >= 11 is 3.32. The largest absolute Gasteiger partial charge is 0.507 e. The zero-order valence-electron chi connectivity index (χ0n) is 9.00. The highest BCUT2D eigenvalue weighted by Crippen LogP contribution is 2.31. The molecule has 0 bridgehead atoms. The first-order chi connectivity index (χ1) is 8.74. The van der Waals surface area contributed by atoms with Crippen molar-refractivity contribution in [3.05, 3.63) is 41.3 Å². The number of halogens is 1. The number of rotatable bonds is 2. The molecule has 0 saturated carbocycles. The van der Waals surface area contributed by atoms with Crippen LogP contribution in [0.15, 0.2) is 50.2 Å². The number of benzene rings is 1. The third-order valence-electron chi connectivity index (χ3n) is 2.39. The van der Waals surface area contributed by atoms with Crippen LogP contribution in [0.1, 0.15) is 0 Å². The van der Waals surface area contributed by atoms with Crippen molar-refractivity contribution >= 4 is 15.9 Å². The van der Waals surface area contributed by atoms with E-state index >= 15 is 0 Å². The quantitative estimate of drug-likeness (QED) is 0.785. The van der Waals surface area contributed by atoms with Crippen molar-refractivity contribution in [2.75, 3.05) is 0 Å². The minimum atomic E-state index is 0.0839. The summed E-state index contributed by atoms with van der Waals surface area (Å²) in [6.45, 7) is 0. The molecule has 1 N–H and O–H groups in total. The Kier molecular flexibility index (Phi) is 2.64. The van der Waals surface area contributed by atoms with E-state index in [-0.39, 0.29) is 11.6 Å². The van der Waals surface area contributed by atoms with Crippen LogP contribution in [-0.4, -0.2) is 15.2 Å². The van der Waals surface area contributed by atoms with Crippen LogP contribution >= 0.6 is 15.9 Å². The summed E-state index contributed by atoms with van der Waals surface area (Å²) in [6, 6.07) is 6.73. The van der Waals surface area contributed by atoms with E-state index in [1.165, 1.54) is 12.5 Å². The molecule has 0 spiro atoms. The molecule has 6 heteroatoms. The molecule has 0 amide bonds. The van der Waals surface area contributed by atoms with Gasteiger partial charge in [-0.2, -0.15) is 4.98 Å². The highest BCUT2D eigenvalue weighted by molar-refractivity contribution is 9.10. The van der Waals surface area contributed by atoms with Gasteiger partial charge in [-0.15, -0.1) is 0 Å². The van der Waals surface area contributed by atoms with Crippen molar-refractivity contribution in [2.45, 2.75) is 0 Å². The van der Waals surface area contributed by atoms with Crippen LogP contribution in [-0.2, 0) is 0 Å². The first kappa shape index (κ1) is 11.0. The molecule has 3 rings (SSSR count). The Morgan fingerprint density at radius 3 is 2.89 bits per heavy atom. The summed E-state index contributed by atoms with van der Waals surface area (Å²) in [5.41, 5.74) is 1.20. The number of nitrogens with zero attached hydrogens (tertiary/aromatic N) is 2. The molecule has 90 valence electrons. The number of phenolic OH excluding ortho intramolecular Hbond substituents is 1. The molecule has 1 aromatic carbocycles. The molecule has 0 unspecified atom stereocenters. The average molecular weight is 307 g/mol. The second-order valence-corrected chi connectivity index (χ2v) is 4.51. The van der Waals surface area contributed by atoms with E-state index in [0.717, 1.165) is 10.0 Å². The van der Waals surface area contributed by atoms with Crippen LogP contribution in [0, 0.1) is 0 Å². The highest BCUT2D eigenvalue weighted by atomic mass is 79.9. The normalized spacial score (nSPS) is 10.7. The minimum absolute atomic E-state index is 0.0839. The smallest absolute Gasteiger partial charge is 0.262 e. The topological polar surface area (TPSA) is 72.3 Å². The molecule has 2 aromatic heterocycles. The Morgan fingerprint density at radius 2 is 2.11 bits per heavy atom. The maximum absolute atomic E-state index is 9.76. The minimum Gasteiger partial charge on any atom is -0.507 e. The number of hydrogen-bond acceptors (Lipinski definition) is 5. The first-order valence-corrected chi connectivity index (χ1v) is 5.88. The number of aromatic hydroxyl groups is 1. The van der Waals surface area contributed by atoms with Gasteiger partial charge >= 0.3 is 0 Å². The van der Waals surface area contributed by atoms with Gasteiger partial charge in [-0.1, -0.05) is 21.1 Å². The lowest BCUT2D eigenvalue weighted by Gasteiger charge is -1.98. The summed E-state index contributed by atoms with van der Waals surface area (Å²) < 4.78 is 10.9. The van der Waals surface area contributed by atoms with Crippen LogP contribution in [0.5, 0.6) is 5.75 Å². The third-order valence-corrected chi connectivity index (χ3v) is 2.89. The maximum Gasteiger partial charge on any atom is 0.262 e. The standard InChI is InChI=1S/C12H7BrN2O3/c13-8-1-2-10(16)9(5-8)12-14-11(15-18-12)7-3-4-17-6-7/h1-6,16H. The van der Waals surface area contributed by atoms with Crippen molar-refractivity contribution < 1.29 is 14.0 Å². The van der Waals surface area contributed by atoms with E-state index in [1.54, 1.807) is 24.3 Å². The number of aromatic nitrogens is 2. The molecule has 0 aliphatic heterocycles. The SMILES string of the molecule is Oc1ccc(Br)cc1-c1nc(-c2ccoc2)no1. The van der Waals surface area contributed by atoms with Crippen LogP contribution in [0.4, 0.5) is 0 Å². The van der Waals surface area contributed by atoms with E-state index in [2.05, 4.69) is 26.1 Å². The van der Waals surface area contributed by atoms with E-state index < -0.39 is 0 Å².